The van der Waals surface area contributed by atoms with Gasteiger partial charge in [-0.15, -0.1) is 0 Å². The first kappa shape index (κ1) is 15.3. The molecule has 0 radical (unpaired) electrons. The molecule has 3 nitrogen and oxygen atoms in total. The Bertz CT molecular complexity index is 805. The highest BCUT2D eigenvalue weighted by Gasteiger charge is 2.16. The van der Waals surface area contributed by atoms with Crippen molar-refractivity contribution in [2.24, 2.45) is 0 Å². The summed E-state index contributed by atoms with van der Waals surface area (Å²) < 4.78 is 0. The molecule has 3 aromatic carbocycles. The summed E-state index contributed by atoms with van der Waals surface area (Å²) in [5.41, 5.74) is 2.44. The molecule has 23 heavy (non-hydrogen) atoms. The van der Waals surface area contributed by atoms with Crippen LogP contribution in [0, 0.1) is 0 Å². The van der Waals surface area contributed by atoms with Crippen molar-refractivity contribution in [3.05, 3.63) is 83.4 Å². The average Bonchev–Trinajstić information content (AvgIpc) is 2.56. The minimum Gasteiger partial charge on any atom is -0.508 e. The van der Waals surface area contributed by atoms with Gasteiger partial charge in [-0.25, -0.2) is 0 Å². The van der Waals surface area contributed by atoms with Crippen molar-refractivity contribution < 1.29 is 10.2 Å². The molecule has 0 aliphatic heterocycles. The largest absolute Gasteiger partial charge is 0.508 e. The third-order valence-electron chi connectivity index (χ3n) is 3.58. The number of phenolic OH excluding ortho intramolecular Hbond substituents is 2. The Balaban J connectivity index is 2.08. The molecule has 0 aromatic heterocycles. The van der Waals surface area contributed by atoms with Gasteiger partial charge in [0, 0.05) is 18.3 Å². The highest BCUT2D eigenvalue weighted by molar-refractivity contribution is 6.32. The van der Waals surface area contributed by atoms with Gasteiger partial charge in [-0.3, -0.25) is 0 Å². The second-order valence-electron chi connectivity index (χ2n) is 5.20. The van der Waals surface area contributed by atoms with Crippen LogP contribution in [0.4, 0.5) is 11.4 Å². The molecule has 0 atom stereocenters. The number of nitrogens with zero attached hydrogens (tertiary/aromatic N) is 1. The standard InChI is InChI=1S/C19H16ClNO2/c20-17-10-5-11-18(19(17)23)21(13-14-6-2-1-3-7-14)15-8-4-9-16(22)12-15/h1-12,22-23H,13H2. The first-order valence-electron chi connectivity index (χ1n) is 7.23. The lowest BCUT2D eigenvalue weighted by Gasteiger charge is -2.26. The van der Waals surface area contributed by atoms with Gasteiger partial charge < -0.3 is 15.1 Å². The third-order valence-corrected chi connectivity index (χ3v) is 3.89. The monoisotopic (exact) mass is 325 g/mol. The molecular formula is C19H16ClNO2. The van der Waals surface area contributed by atoms with Gasteiger partial charge in [0.15, 0.2) is 5.75 Å². The Morgan fingerprint density at radius 1 is 0.826 bits per heavy atom. The first-order chi connectivity index (χ1) is 11.1. The predicted octanol–water partition coefficient (Wildman–Crippen LogP) is 5.09. The van der Waals surface area contributed by atoms with E-state index < -0.39 is 0 Å². The maximum atomic E-state index is 10.3. The van der Waals surface area contributed by atoms with Gasteiger partial charge in [-0.1, -0.05) is 54.1 Å². The third kappa shape index (κ3) is 3.41. The summed E-state index contributed by atoms with van der Waals surface area (Å²) in [5.74, 6) is 0.190. The molecule has 2 N–H and O–H groups in total. The van der Waals surface area contributed by atoms with E-state index >= 15 is 0 Å². The van der Waals surface area contributed by atoms with Crippen molar-refractivity contribution >= 4 is 23.0 Å². The fourth-order valence-electron chi connectivity index (χ4n) is 2.46. The minimum atomic E-state index is 0.0217. The number of para-hydroxylation sites is 1. The number of phenols is 2. The molecule has 0 aliphatic carbocycles. The van der Waals surface area contributed by atoms with Gasteiger partial charge in [0.1, 0.15) is 5.75 Å². The van der Waals surface area contributed by atoms with Crippen LogP contribution in [0.5, 0.6) is 11.5 Å². The van der Waals surface area contributed by atoms with E-state index in [1.54, 1.807) is 36.4 Å². The lowest BCUT2D eigenvalue weighted by Crippen LogP contribution is -2.16. The van der Waals surface area contributed by atoms with Crippen LogP contribution in [-0.4, -0.2) is 10.2 Å². The van der Waals surface area contributed by atoms with Gasteiger partial charge >= 0.3 is 0 Å². The van der Waals surface area contributed by atoms with E-state index in [1.807, 2.05) is 41.3 Å². The fourth-order valence-corrected chi connectivity index (χ4v) is 2.63. The number of halogens is 1. The molecule has 3 rings (SSSR count). The molecule has 0 fully saturated rings. The fraction of sp³-hybridized carbons (Fsp3) is 0.0526. The Labute approximate surface area is 140 Å². The molecule has 3 aromatic rings. The molecule has 0 amide bonds. The molecule has 4 heteroatoms. The van der Waals surface area contributed by atoms with Gasteiger partial charge in [-0.2, -0.15) is 0 Å². The van der Waals surface area contributed by atoms with Crippen LogP contribution in [0.3, 0.4) is 0 Å². The van der Waals surface area contributed by atoms with Gasteiger partial charge in [0.25, 0.3) is 0 Å². The van der Waals surface area contributed by atoms with Crippen LogP contribution < -0.4 is 4.90 Å². The molecular weight excluding hydrogens is 310 g/mol. The quantitative estimate of drug-likeness (QED) is 0.702. The van der Waals surface area contributed by atoms with Crippen LogP contribution in [-0.2, 0) is 6.54 Å². The van der Waals surface area contributed by atoms with Crippen LogP contribution in [0.15, 0.2) is 72.8 Å². The van der Waals surface area contributed by atoms with Crippen LogP contribution >= 0.6 is 11.6 Å². The van der Waals surface area contributed by atoms with E-state index in [0.29, 0.717) is 17.3 Å². The zero-order chi connectivity index (χ0) is 16.2. The van der Waals surface area contributed by atoms with E-state index in [1.165, 1.54) is 0 Å². The molecule has 0 saturated carbocycles. The Morgan fingerprint density at radius 2 is 1.57 bits per heavy atom. The van der Waals surface area contributed by atoms with Crippen molar-refractivity contribution in [3.63, 3.8) is 0 Å². The normalized spacial score (nSPS) is 10.5. The first-order valence-corrected chi connectivity index (χ1v) is 7.61. The summed E-state index contributed by atoms with van der Waals surface area (Å²) in [7, 11) is 0. The molecule has 0 bridgehead atoms. The molecule has 0 unspecified atom stereocenters. The van der Waals surface area contributed by atoms with Gasteiger partial charge in [0.2, 0.25) is 0 Å². The Hall–Kier alpha value is -2.65. The lowest BCUT2D eigenvalue weighted by atomic mass is 10.1. The Kier molecular flexibility index (Phi) is 4.40. The van der Waals surface area contributed by atoms with Crippen molar-refractivity contribution in [1.29, 1.82) is 0 Å². The van der Waals surface area contributed by atoms with Gasteiger partial charge in [-0.05, 0) is 29.8 Å². The summed E-state index contributed by atoms with van der Waals surface area (Å²) in [6.45, 7) is 0.540. The number of benzene rings is 3. The number of hydrogen-bond acceptors (Lipinski definition) is 3. The lowest BCUT2D eigenvalue weighted by molar-refractivity contribution is 0.473. The van der Waals surface area contributed by atoms with Crippen LogP contribution in [0.2, 0.25) is 5.02 Å². The van der Waals surface area contributed by atoms with E-state index in [4.69, 9.17) is 11.6 Å². The molecule has 0 spiro atoms. The van der Waals surface area contributed by atoms with Crippen molar-refractivity contribution in [2.75, 3.05) is 4.90 Å². The Morgan fingerprint density at radius 3 is 2.30 bits per heavy atom. The average molecular weight is 326 g/mol. The number of aromatic hydroxyl groups is 2. The van der Waals surface area contributed by atoms with E-state index in [9.17, 15) is 10.2 Å². The summed E-state index contributed by atoms with van der Waals surface area (Å²) in [5, 5.41) is 20.4. The van der Waals surface area contributed by atoms with E-state index in [2.05, 4.69) is 0 Å². The second-order valence-corrected chi connectivity index (χ2v) is 5.61. The van der Waals surface area contributed by atoms with Crippen LogP contribution in [0.25, 0.3) is 0 Å². The van der Waals surface area contributed by atoms with Crippen molar-refractivity contribution in [2.45, 2.75) is 6.54 Å². The maximum absolute atomic E-state index is 10.3. The van der Waals surface area contributed by atoms with E-state index in [-0.39, 0.29) is 11.5 Å². The maximum Gasteiger partial charge on any atom is 0.157 e. The number of hydrogen-bond donors (Lipinski definition) is 2. The number of anilines is 2. The SMILES string of the molecule is Oc1cccc(N(Cc2ccccc2)c2cccc(Cl)c2O)c1. The topological polar surface area (TPSA) is 43.7 Å². The summed E-state index contributed by atoms with van der Waals surface area (Å²) in [4.78, 5) is 1.91. The highest BCUT2D eigenvalue weighted by Crippen LogP contribution is 2.39. The number of rotatable bonds is 4. The van der Waals surface area contributed by atoms with Crippen molar-refractivity contribution in [3.8, 4) is 11.5 Å². The summed E-state index contributed by atoms with van der Waals surface area (Å²) in [6.07, 6.45) is 0. The predicted molar refractivity (Wildman–Crippen MR) is 93.5 cm³/mol. The summed E-state index contributed by atoms with van der Waals surface area (Å²) in [6, 6.07) is 22.1. The molecule has 116 valence electrons. The van der Waals surface area contributed by atoms with Crippen LogP contribution in [0.1, 0.15) is 5.56 Å². The van der Waals surface area contributed by atoms with Crippen molar-refractivity contribution in [1.82, 2.24) is 0 Å². The zero-order valence-electron chi connectivity index (χ0n) is 12.4. The zero-order valence-corrected chi connectivity index (χ0v) is 13.1. The molecule has 0 heterocycles. The molecule has 0 saturated heterocycles. The smallest absolute Gasteiger partial charge is 0.157 e. The summed E-state index contributed by atoms with van der Waals surface area (Å²) >= 11 is 6.05. The highest BCUT2D eigenvalue weighted by atomic mass is 35.5. The van der Waals surface area contributed by atoms with E-state index in [0.717, 1.165) is 11.3 Å². The van der Waals surface area contributed by atoms with Gasteiger partial charge in [0.05, 0.1) is 10.7 Å². The minimum absolute atomic E-state index is 0.0217. The second kappa shape index (κ2) is 6.63. The molecule has 0 aliphatic rings.